The van der Waals surface area contributed by atoms with Gasteiger partial charge in [-0.25, -0.2) is 9.36 Å². The maximum Gasteiger partial charge on any atom is 0.434 e. The lowest BCUT2D eigenvalue weighted by Gasteiger charge is -2.30. The Morgan fingerprint density at radius 1 is 1.38 bits per heavy atom. The van der Waals surface area contributed by atoms with Crippen LogP contribution in [0.4, 0.5) is 14.6 Å². The summed E-state index contributed by atoms with van der Waals surface area (Å²) in [6.07, 6.45) is -5.17. The second-order valence-corrected chi connectivity index (χ2v) is 9.81. The van der Waals surface area contributed by atoms with Crippen molar-refractivity contribution < 1.29 is 37.3 Å². The second kappa shape index (κ2) is 8.90. The van der Waals surface area contributed by atoms with E-state index in [1.807, 2.05) is 12.1 Å². The number of hydrogen-bond acceptors (Lipinski definition) is 8. The van der Waals surface area contributed by atoms with Crippen LogP contribution in [0.25, 0.3) is 0 Å². The largest absolute Gasteiger partial charge is 0.434 e. The molecule has 32 heavy (non-hydrogen) atoms. The van der Waals surface area contributed by atoms with Crippen molar-refractivity contribution in [1.82, 2.24) is 9.55 Å². The first-order valence-corrected chi connectivity index (χ1v) is 11.8. The van der Waals surface area contributed by atoms with Gasteiger partial charge in [0.1, 0.15) is 11.9 Å². The molecule has 1 aromatic heterocycles. The Morgan fingerprint density at radius 3 is 2.81 bits per heavy atom. The van der Waals surface area contributed by atoms with E-state index in [2.05, 4.69) is 26.0 Å². The van der Waals surface area contributed by atoms with Crippen molar-refractivity contribution in [1.29, 1.82) is 0 Å². The zero-order valence-electron chi connectivity index (χ0n) is 16.3. The molecule has 0 radical (unpaired) electrons. The van der Waals surface area contributed by atoms with E-state index in [9.17, 15) is 23.2 Å². The molecular weight excluding hydrogens is 519 g/mol. The number of rotatable bonds is 5. The highest BCUT2D eigenvalue weighted by Gasteiger charge is 2.59. The van der Waals surface area contributed by atoms with Gasteiger partial charge >= 0.3 is 19.4 Å². The molecule has 3 heterocycles. The first-order chi connectivity index (χ1) is 15.1. The number of anilines is 1. The molecule has 0 spiro atoms. The molecule has 2 saturated heterocycles. The van der Waals surface area contributed by atoms with Crippen LogP contribution in [0.1, 0.15) is 24.3 Å². The summed E-state index contributed by atoms with van der Waals surface area (Å²) in [5, 5.41) is 21.1. The van der Waals surface area contributed by atoms with Crippen LogP contribution in [0.2, 0.25) is 0 Å². The van der Waals surface area contributed by atoms with Crippen LogP contribution in [-0.2, 0) is 18.3 Å². The molecule has 5 atom stereocenters. The number of aliphatic hydroxyl groups is 2. The lowest BCUT2D eigenvalue weighted by molar-refractivity contribution is -0.140. The van der Waals surface area contributed by atoms with E-state index in [1.54, 1.807) is 12.1 Å². The van der Waals surface area contributed by atoms with Crippen LogP contribution >= 0.6 is 23.7 Å². The summed E-state index contributed by atoms with van der Waals surface area (Å²) in [5.41, 5.74) is -0.386. The standard InChI is InChI=1S/C18H19BrF2N3O7P/c19-11-3-1-2-10(8-11)12-5-7-29-32(28,31-12)23-14-4-6-24(17(27)22-14)16-18(20,21)15(26)13(9-25)30-16/h1-4,6,8,12-13,15-16,25-26H,5,7,9H2,(H,22,23,27,28)/t12?,13-,15-,16-,32?/m1/s1. The lowest BCUT2D eigenvalue weighted by Crippen LogP contribution is -2.41. The number of aliphatic hydroxyl groups excluding tert-OH is 2. The van der Waals surface area contributed by atoms with Gasteiger partial charge in [0, 0.05) is 17.1 Å². The first-order valence-electron chi connectivity index (χ1n) is 9.51. The number of alkyl halides is 2. The molecule has 2 aliphatic rings. The van der Waals surface area contributed by atoms with Gasteiger partial charge in [0.2, 0.25) is 6.23 Å². The van der Waals surface area contributed by atoms with Gasteiger partial charge in [-0.15, -0.1) is 0 Å². The predicted molar refractivity (Wildman–Crippen MR) is 110 cm³/mol. The Morgan fingerprint density at radius 2 is 2.16 bits per heavy atom. The molecule has 1 aromatic carbocycles. The van der Waals surface area contributed by atoms with Gasteiger partial charge < -0.3 is 14.9 Å². The quantitative estimate of drug-likeness (QED) is 0.492. The Hall–Kier alpha value is -1.73. The zero-order valence-corrected chi connectivity index (χ0v) is 18.8. The first kappa shape index (κ1) is 23.4. The minimum absolute atomic E-state index is 0.112. The molecule has 174 valence electrons. The monoisotopic (exact) mass is 537 g/mol. The van der Waals surface area contributed by atoms with Gasteiger partial charge in [-0.1, -0.05) is 28.1 Å². The van der Waals surface area contributed by atoms with Crippen molar-refractivity contribution >= 4 is 29.5 Å². The highest BCUT2D eigenvalue weighted by atomic mass is 79.9. The fourth-order valence-corrected chi connectivity index (χ4v) is 5.34. The van der Waals surface area contributed by atoms with Crippen molar-refractivity contribution in [3.05, 3.63) is 57.0 Å². The van der Waals surface area contributed by atoms with E-state index in [0.717, 1.165) is 22.3 Å². The fraction of sp³-hybridized carbons (Fsp3) is 0.444. The molecule has 3 N–H and O–H groups in total. The van der Waals surface area contributed by atoms with Crippen molar-refractivity contribution in [2.45, 2.75) is 36.9 Å². The maximum absolute atomic E-state index is 14.3. The third-order valence-electron chi connectivity index (χ3n) is 5.02. The number of nitrogens with zero attached hydrogens (tertiary/aromatic N) is 2. The van der Waals surface area contributed by atoms with E-state index in [1.165, 1.54) is 0 Å². The molecule has 2 unspecified atom stereocenters. The third kappa shape index (κ3) is 4.51. The van der Waals surface area contributed by atoms with Crippen molar-refractivity contribution in [3.63, 3.8) is 0 Å². The maximum atomic E-state index is 14.3. The second-order valence-electron chi connectivity index (χ2n) is 7.21. The van der Waals surface area contributed by atoms with E-state index >= 15 is 0 Å². The molecule has 0 aliphatic carbocycles. The van der Waals surface area contributed by atoms with Gasteiger partial charge in [0.15, 0.2) is 6.10 Å². The van der Waals surface area contributed by atoms with Crippen molar-refractivity contribution in [3.8, 4) is 0 Å². The SMILES string of the molecule is O=c1nc(NP2(=O)OCCC(c3cccc(Br)c3)O2)ccn1[C@@H]1O[C@H](CO)[C@@H](O)C1(F)F. The molecule has 14 heteroatoms. The van der Waals surface area contributed by atoms with Crippen LogP contribution in [0.5, 0.6) is 0 Å². The predicted octanol–water partition coefficient (Wildman–Crippen LogP) is 2.59. The molecule has 2 fully saturated rings. The molecule has 0 amide bonds. The molecule has 4 rings (SSSR count). The van der Waals surface area contributed by atoms with Gasteiger partial charge in [0.05, 0.1) is 19.3 Å². The van der Waals surface area contributed by atoms with Crippen LogP contribution in [0.3, 0.4) is 0 Å². The summed E-state index contributed by atoms with van der Waals surface area (Å²) in [5.74, 6) is -4.06. The van der Waals surface area contributed by atoms with Crippen LogP contribution < -0.4 is 10.8 Å². The minimum Gasteiger partial charge on any atom is -0.394 e. The topological polar surface area (TPSA) is 132 Å². The van der Waals surface area contributed by atoms with Crippen LogP contribution in [-0.4, -0.2) is 51.1 Å². The van der Waals surface area contributed by atoms with E-state index in [0.29, 0.717) is 11.0 Å². The van der Waals surface area contributed by atoms with Gasteiger partial charge in [-0.05, 0) is 23.8 Å². The Bertz CT molecular complexity index is 1100. The molecule has 0 saturated carbocycles. The molecule has 2 aromatic rings. The zero-order chi connectivity index (χ0) is 23.1. The molecule has 0 bridgehead atoms. The Labute approximate surface area is 188 Å². The van der Waals surface area contributed by atoms with Gasteiger partial charge in [-0.2, -0.15) is 13.8 Å². The molecule has 2 aliphatic heterocycles. The third-order valence-corrected chi connectivity index (χ3v) is 7.07. The molecular formula is C18H19BrF2N3O7P. The Kier molecular flexibility index (Phi) is 6.52. The van der Waals surface area contributed by atoms with Gasteiger partial charge in [0.25, 0.3) is 0 Å². The highest BCUT2D eigenvalue weighted by Crippen LogP contribution is 2.55. The molecule has 10 nitrogen and oxygen atoms in total. The smallest absolute Gasteiger partial charge is 0.394 e. The summed E-state index contributed by atoms with van der Waals surface area (Å²) in [7, 11) is -3.91. The van der Waals surface area contributed by atoms with Gasteiger partial charge in [-0.3, -0.25) is 18.7 Å². The fourth-order valence-electron chi connectivity index (χ4n) is 3.44. The average Bonchev–Trinajstić information content (AvgIpc) is 2.97. The number of hydrogen-bond donors (Lipinski definition) is 3. The summed E-state index contributed by atoms with van der Waals surface area (Å²) in [4.78, 5) is 16.0. The summed E-state index contributed by atoms with van der Waals surface area (Å²) >= 11 is 3.36. The number of halogens is 3. The number of benzene rings is 1. The van der Waals surface area contributed by atoms with Crippen molar-refractivity contribution in [2.24, 2.45) is 0 Å². The Balaban J connectivity index is 1.52. The normalized spacial score (nSPS) is 32.0. The number of ether oxygens (including phenoxy) is 1. The summed E-state index contributed by atoms with van der Waals surface area (Å²) in [6, 6.07) is 8.38. The summed E-state index contributed by atoms with van der Waals surface area (Å²) < 4.78 is 58.7. The minimum atomic E-state index is -3.91. The van der Waals surface area contributed by atoms with E-state index < -0.39 is 50.5 Å². The van der Waals surface area contributed by atoms with E-state index in [4.69, 9.17) is 18.9 Å². The summed E-state index contributed by atoms with van der Waals surface area (Å²) in [6.45, 7) is -0.743. The lowest BCUT2D eigenvalue weighted by atomic mass is 10.1. The highest BCUT2D eigenvalue weighted by molar-refractivity contribution is 9.10. The van der Waals surface area contributed by atoms with E-state index in [-0.39, 0.29) is 12.4 Å². The van der Waals surface area contributed by atoms with Crippen LogP contribution in [0, 0.1) is 0 Å². The average molecular weight is 538 g/mol. The number of aromatic nitrogens is 2. The van der Waals surface area contributed by atoms with Crippen LogP contribution in [0.15, 0.2) is 45.8 Å². The van der Waals surface area contributed by atoms with Crippen molar-refractivity contribution in [2.75, 3.05) is 18.3 Å². The number of nitrogens with one attached hydrogen (secondary N) is 1.